The minimum Gasteiger partial charge on any atom is -0.497 e. The highest BCUT2D eigenvalue weighted by Gasteiger charge is 2.52. The Labute approximate surface area is 131 Å². The molecular formula is C16H21BN2O3. The maximum Gasteiger partial charge on any atom is 0.516 e. The summed E-state index contributed by atoms with van der Waals surface area (Å²) in [6, 6.07) is 7.81. The maximum atomic E-state index is 6.02. The predicted octanol–water partition coefficient (Wildman–Crippen LogP) is 2.18. The van der Waals surface area contributed by atoms with E-state index < -0.39 is 7.12 Å². The number of hydrogen-bond donors (Lipinski definition) is 0. The first-order chi connectivity index (χ1) is 10.3. The first-order valence-electron chi connectivity index (χ1n) is 7.36. The molecule has 1 aliphatic rings. The van der Waals surface area contributed by atoms with Crippen LogP contribution in [0.15, 0.2) is 36.8 Å². The molecule has 0 atom stereocenters. The summed E-state index contributed by atoms with van der Waals surface area (Å²) >= 11 is 0. The van der Waals surface area contributed by atoms with Gasteiger partial charge in [-0.3, -0.25) is 0 Å². The van der Waals surface area contributed by atoms with E-state index in [2.05, 4.69) is 4.98 Å². The van der Waals surface area contributed by atoms with Gasteiger partial charge in [-0.25, -0.2) is 4.98 Å². The number of methoxy groups -OCH3 is 1. The molecule has 1 aliphatic heterocycles. The molecule has 1 saturated heterocycles. The van der Waals surface area contributed by atoms with Crippen LogP contribution < -0.4 is 10.3 Å². The molecular weight excluding hydrogens is 279 g/mol. The summed E-state index contributed by atoms with van der Waals surface area (Å²) in [5, 5.41) is 0. The van der Waals surface area contributed by atoms with Crippen molar-refractivity contribution in [1.29, 1.82) is 0 Å². The lowest BCUT2D eigenvalue weighted by molar-refractivity contribution is 0.00578. The zero-order valence-electron chi connectivity index (χ0n) is 13.7. The second-order valence-electron chi connectivity index (χ2n) is 6.50. The van der Waals surface area contributed by atoms with Gasteiger partial charge in [-0.15, -0.1) is 0 Å². The van der Waals surface area contributed by atoms with Crippen molar-refractivity contribution in [3.8, 4) is 11.4 Å². The van der Waals surface area contributed by atoms with Crippen LogP contribution in [-0.2, 0) is 9.31 Å². The van der Waals surface area contributed by atoms with Crippen molar-refractivity contribution in [1.82, 2.24) is 9.55 Å². The summed E-state index contributed by atoms with van der Waals surface area (Å²) in [5.74, 6) is 0.809. The van der Waals surface area contributed by atoms with Crippen molar-refractivity contribution in [3.05, 3.63) is 36.8 Å². The van der Waals surface area contributed by atoms with Crippen LogP contribution in [0.4, 0.5) is 0 Å². The Balaban J connectivity index is 1.86. The van der Waals surface area contributed by atoms with Crippen molar-refractivity contribution in [2.45, 2.75) is 38.9 Å². The summed E-state index contributed by atoms with van der Waals surface area (Å²) in [4.78, 5) is 4.43. The molecule has 0 aliphatic carbocycles. The second-order valence-corrected chi connectivity index (χ2v) is 6.50. The van der Waals surface area contributed by atoms with Crippen LogP contribution in [0.5, 0.6) is 5.75 Å². The molecule has 0 unspecified atom stereocenters. The molecule has 5 nitrogen and oxygen atoms in total. The van der Waals surface area contributed by atoms with Crippen molar-refractivity contribution in [3.63, 3.8) is 0 Å². The summed E-state index contributed by atoms with van der Waals surface area (Å²) in [7, 11) is 1.21. The highest BCUT2D eigenvalue weighted by molar-refractivity contribution is 6.61. The van der Waals surface area contributed by atoms with Crippen LogP contribution in [0, 0.1) is 0 Å². The normalized spacial score (nSPS) is 19.4. The number of ether oxygens (including phenoxy) is 1. The SMILES string of the molecule is COc1cccc(-n2cnc(B3OC(C)(C)C(C)(C)O3)c2)c1. The van der Waals surface area contributed by atoms with Crippen LogP contribution in [0.25, 0.3) is 5.69 Å². The molecule has 2 heterocycles. The van der Waals surface area contributed by atoms with Crippen LogP contribution in [0.3, 0.4) is 0 Å². The topological polar surface area (TPSA) is 45.5 Å². The molecule has 1 aromatic heterocycles. The zero-order chi connectivity index (χ0) is 16.0. The second kappa shape index (κ2) is 5.14. The summed E-state index contributed by atoms with van der Waals surface area (Å²) in [6.07, 6.45) is 3.69. The molecule has 0 saturated carbocycles. The van der Waals surface area contributed by atoms with Gasteiger partial charge >= 0.3 is 7.12 Å². The van der Waals surface area contributed by atoms with Crippen molar-refractivity contribution >= 4 is 12.7 Å². The fourth-order valence-electron chi connectivity index (χ4n) is 2.34. The van der Waals surface area contributed by atoms with Gasteiger partial charge in [0.15, 0.2) is 0 Å². The number of aromatic nitrogens is 2. The lowest BCUT2D eigenvalue weighted by atomic mass is 9.86. The van der Waals surface area contributed by atoms with E-state index in [4.69, 9.17) is 14.0 Å². The third kappa shape index (κ3) is 2.53. The van der Waals surface area contributed by atoms with Crippen LogP contribution in [-0.4, -0.2) is 35.0 Å². The minimum atomic E-state index is -0.447. The first-order valence-corrected chi connectivity index (χ1v) is 7.36. The molecule has 0 N–H and O–H groups in total. The third-order valence-corrected chi connectivity index (χ3v) is 4.45. The van der Waals surface area contributed by atoms with E-state index in [1.165, 1.54) is 0 Å². The van der Waals surface area contributed by atoms with E-state index in [1.807, 2.05) is 62.7 Å². The first kappa shape index (κ1) is 15.1. The minimum absolute atomic E-state index is 0.364. The van der Waals surface area contributed by atoms with Crippen LogP contribution >= 0.6 is 0 Å². The maximum absolute atomic E-state index is 6.02. The summed E-state index contributed by atoms with van der Waals surface area (Å²) in [5.41, 5.74) is 1.02. The zero-order valence-corrected chi connectivity index (χ0v) is 13.7. The molecule has 0 spiro atoms. The molecule has 0 amide bonds. The third-order valence-electron chi connectivity index (χ3n) is 4.45. The molecule has 22 heavy (non-hydrogen) atoms. The number of nitrogens with zero attached hydrogens (tertiary/aromatic N) is 2. The highest BCUT2D eigenvalue weighted by Crippen LogP contribution is 2.36. The van der Waals surface area contributed by atoms with Crippen LogP contribution in [0.1, 0.15) is 27.7 Å². The Morgan fingerprint density at radius 3 is 2.45 bits per heavy atom. The Bertz CT molecular complexity index is 666. The van der Waals surface area contributed by atoms with E-state index >= 15 is 0 Å². The lowest BCUT2D eigenvalue weighted by Crippen LogP contribution is -2.41. The van der Waals surface area contributed by atoms with Gasteiger partial charge < -0.3 is 18.6 Å². The molecule has 3 rings (SSSR count). The van der Waals surface area contributed by atoms with Gasteiger partial charge in [-0.05, 0) is 39.8 Å². The lowest BCUT2D eigenvalue weighted by Gasteiger charge is -2.32. The van der Waals surface area contributed by atoms with Crippen molar-refractivity contribution < 1.29 is 14.0 Å². The van der Waals surface area contributed by atoms with Gasteiger partial charge in [0.2, 0.25) is 0 Å². The van der Waals surface area contributed by atoms with Gasteiger partial charge in [0, 0.05) is 12.3 Å². The van der Waals surface area contributed by atoms with E-state index in [9.17, 15) is 0 Å². The number of imidazole rings is 1. The number of rotatable bonds is 3. The quantitative estimate of drug-likeness (QED) is 0.815. The molecule has 6 heteroatoms. The van der Waals surface area contributed by atoms with Gasteiger partial charge in [0.05, 0.1) is 35.9 Å². The van der Waals surface area contributed by atoms with Crippen molar-refractivity contribution in [2.24, 2.45) is 0 Å². The molecule has 1 aromatic carbocycles. The van der Waals surface area contributed by atoms with Gasteiger partial charge in [-0.1, -0.05) is 6.07 Å². The Morgan fingerprint density at radius 1 is 1.14 bits per heavy atom. The number of benzene rings is 1. The van der Waals surface area contributed by atoms with Crippen molar-refractivity contribution in [2.75, 3.05) is 7.11 Å². The smallest absolute Gasteiger partial charge is 0.497 e. The fourth-order valence-corrected chi connectivity index (χ4v) is 2.34. The van der Waals surface area contributed by atoms with E-state index in [0.29, 0.717) is 0 Å². The average molecular weight is 300 g/mol. The Kier molecular flexibility index (Phi) is 3.53. The standard InChI is InChI=1S/C16H21BN2O3/c1-15(2)16(3,4)22-17(21-15)14-10-19(11-18-14)12-7-6-8-13(9-12)20-5/h6-11H,1-5H3. The largest absolute Gasteiger partial charge is 0.516 e. The summed E-state index contributed by atoms with van der Waals surface area (Å²) < 4.78 is 19.2. The van der Waals surface area contributed by atoms with E-state index in [1.54, 1.807) is 13.4 Å². The monoisotopic (exact) mass is 300 g/mol. The predicted molar refractivity (Wildman–Crippen MR) is 85.8 cm³/mol. The van der Waals surface area contributed by atoms with Crippen LogP contribution in [0.2, 0.25) is 0 Å². The number of hydrogen-bond acceptors (Lipinski definition) is 4. The Morgan fingerprint density at radius 2 is 1.82 bits per heavy atom. The molecule has 0 bridgehead atoms. The van der Waals surface area contributed by atoms with E-state index in [0.717, 1.165) is 17.0 Å². The fraction of sp³-hybridized carbons (Fsp3) is 0.438. The van der Waals surface area contributed by atoms with Gasteiger partial charge in [0.1, 0.15) is 5.75 Å². The average Bonchev–Trinajstić information content (AvgIpc) is 3.02. The summed E-state index contributed by atoms with van der Waals surface area (Å²) in [6.45, 7) is 8.14. The van der Waals surface area contributed by atoms with Gasteiger partial charge in [0.25, 0.3) is 0 Å². The molecule has 2 aromatic rings. The highest BCUT2D eigenvalue weighted by atomic mass is 16.7. The molecule has 1 fully saturated rings. The van der Waals surface area contributed by atoms with E-state index in [-0.39, 0.29) is 11.2 Å². The molecule has 0 radical (unpaired) electrons. The van der Waals surface area contributed by atoms with Gasteiger partial charge in [-0.2, -0.15) is 0 Å². The molecule has 116 valence electrons. The Hall–Kier alpha value is -1.79.